The van der Waals surface area contributed by atoms with Gasteiger partial charge in [0, 0.05) is 32.8 Å². The third-order valence-corrected chi connectivity index (χ3v) is 6.03. The highest BCUT2D eigenvalue weighted by molar-refractivity contribution is 6.04. The molecule has 7 amide bonds. The molecule has 0 bridgehead atoms. The summed E-state index contributed by atoms with van der Waals surface area (Å²) in [7, 11) is 2.67. The number of carbonyl (C=O) groups excluding carboxylic acids is 6. The first-order valence-electron chi connectivity index (χ1n) is 13.1. The number of ether oxygens (including phenoxy) is 1. The molecule has 2 atom stereocenters. The lowest BCUT2D eigenvalue weighted by Crippen LogP contribution is -2.58. The number of urea groups is 1. The number of primary amides is 1. The molecule has 0 unspecified atom stereocenters. The average molecular weight is 581 g/mol. The van der Waals surface area contributed by atoms with E-state index < -0.39 is 47.8 Å². The van der Waals surface area contributed by atoms with Crippen LogP contribution in [-0.2, 0) is 36.9 Å². The fraction of sp³-hybridized carbons (Fsp3) is 0.310. The van der Waals surface area contributed by atoms with Crippen molar-refractivity contribution in [2.75, 3.05) is 20.6 Å². The van der Waals surface area contributed by atoms with Gasteiger partial charge in [-0.05, 0) is 31.4 Å². The molecule has 0 saturated carbocycles. The first-order chi connectivity index (χ1) is 19.9. The number of amides is 7. The number of hydrogen-bond acceptors (Lipinski definition) is 7. The Bertz CT molecular complexity index is 1290. The second kappa shape index (κ2) is 16.2. The summed E-state index contributed by atoms with van der Waals surface area (Å²) in [5, 5.41) is 5.72. The molecule has 13 nitrogen and oxygen atoms in total. The van der Waals surface area contributed by atoms with Crippen LogP contribution in [0.3, 0.4) is 0 Å². The molecule has 0 aliphatic rings. The second-order valence-corrected chi connectivity index (χ2v) is 9.34. The predicted molar refractivity (Wildman–Crippen MR) is 153 cm³/mol. The highest BCUT2D eigenvalue weighted by Gasteiger charge is 2.31. The molecule has 224 valence electrons. The number of carbonyl (C=O) groups is 6. The highest BCUT2D eigenvalue weighted by atomic mass is 16.5. The van der Waals surface area contributed by atoms with E-state index in [-0.39, 0.29) is 6.61 Å². The largest absolute Gasteiger partial charge is 0.445 e. The van der Waals surface area contributed by atoms with Crippen LogP contribution in [0.25, 0.3) is 0 Å². The Labute approximate surface area is 244 Å². The summed E-state index contributed by atoms with van der Waals surface area (Å²) in [4.78, 5) is 76.0. The maximum absolute atomic E-state index is 12.9. The first kappa shape index (κ1) is 33.0. The van der Waals surface area contributed by atoms with Gasteiger partial charge < -0.3 is 26.0 Å². The predicted octanol–water partition coefficient (Wildman–Crippen LogP) is 1.34. The van der Waals surface area contributed by atoms with Crippen LogP contribution in [0.1, 0.15) is 25.0 Å². The van der Waals surface area contributed by atoms with Crippen LogP contribution >= 0.6 is 0 Å². The molecular weight excluding hydrogens is 544 g/mol. The number of nitrogens with zero attached hydrogens (tertiary/aromatic N) is 3. The Morgan fingerprint density at radius 3 is 1.93 bits per heavy atom. The number of benzene rings is 2. The Morgan fingerprint density at radius 1 is 0.810 bits per heavy atom. The molecule has 0 aromatic heterocycles. The van der Waals surface area contributed by atoms with Crippen molar-refractivity contribution in [3.8, 4) is 0 Å². The molecule has 0 aliphatic heterocycles. The van der Waals surface area contributed by atoms with Gasteiger partial charge in [-0.25, -0.2) is 14.6 Å². The molecule has 0 heterocycles. The number of nitrogens with two attached hydrogens (primary N) is 1. The van der Waals surface area contributed by atoms with E-state index in [2.05, 4.69) is 10.6 Å². The van der Waals surface area contributed by atoms with Crippen LogP contribution in [0.5, 0.6) is 0 Å². The van der Waals surface area contributed by atoms with Crippen LogP contribution in [0.4, 0.5) is 9.59 Å². The highest BCUT2D eigenvalue weighted by Crippen LogP contribution is 2.05. The fourth-order valence-electron chi connectivity index (χ4n) is 3.58. The number of likely N-dealkylation sites (N-methyl/N-ethyl adjacent to an activating group) is 2. The van der Waals surface area contributed by atoms with E-state index in [4.69, 9.17) is 10.5 Å². The minimum absolute atomic E-state index is 0.00168. The molecule has 4 N–H and O–H groups in total. The van der Waals surface area contributed by atoms with Gasteiger partial charge in [0.15, 0.2) is 0 Å². The van der Waals surface area contributed by atoms with E-state index >= 15 is 0 Å². The van der Waals surface area contributed by atoms with Gasteiger partial charge in [0.25, 0.3) is 11.8 Å². The molecule has 0 spiro atoms. The van der Waals surface area contributed by atoms with Gasteiger partial charge in [0.05, 0.1) is 0 Å². The van der Waals surface area contributed by atoms with E-state index in [1.165, 1.54) is 18.7 Å². The SMILES string of the molecule is C[C@H](NC(=O)OCc1ccccc1)C(=O)N[C@@H](C)C(=O)N(C)N(C(N)=O)C(=O)/C=C/C(=O)N(C)CCc1ccccc1. The van der Waals surface area contributed by atoms with Crippen LogP contribution in [-0.4, -0.2) is 83.4 Å². The van der Waals surface area contributed by atoms with Gasteiger partial charge >= 0.3 is 12.1 Å². The zero-order chi connectivity index (χ0) is 31.2. The Kier molecular flexibility index (Phi) is 12.7. The van der Waals surface area contributed by atoms with Gasteiger partial charge in [-0.2, -0.15) is 5.01 Å². The number of alkyl carbamates (subject to hydrolysis) is 1. The number of nitrogens with one attached hydrogen (secondary N) is 2. The van der Waals surface area contributed by atoms with Gasteiger partial charge in [-0.15, -0.1) is 0 Å². The fourth-order valence-corrected chi connectivity index (χ4v) is 3.58. The van der Waals surface area contributed by atoms with Gasteiger partial charge in [-0.1, -0.05) is 60.7 Å². The monoisotopic (exact) mass is 580 g/mol. The molecule has 2 aromatic carbocycles. The summed E-state index contributed by atoms with van der Waals surface area (Å²) >= 11 is 0. The lowest BCUT2D eigenvalue weighted by atomic mass is 10.1. The third-order valence-electron chi connectivity index (χ3n) is 6.03. The van der Waals surface area contributed by atoms with Crippen LogP contribution in [0.2, 0.25) is 0 Å². The standard InChI is InChI=1S/C29H36N6O7/c1-20(32-29(41)42-19-23-13-9-6-10-14-23)26(38)31-21(2)27(39)34(4)35(28(30)40)25(37)16-15-24(36)33(3)18-17-22-11-7-5-8-12-22/h5-16,20-21H,17-19H2,1-4H3,(H2,30,40)(H,31,38)(H,32,41)/b16-15+/t20-,21-/m0/s1. The van der Waals surface area contributed by atoms with Crippen molar-refractivity contribution in [3.63, 3.8) is 0 Å². The zero-order valence-corrected chi connectivity index (χ0v) is 24.0. The first-order valence-corrected chi connectivity index (χ1v) is 13.1. The van der Waals surface area contributed by atoms with Crippen molar-refractivity contribution in [3.05, 3.63) is 83.9 Å². The van der Waals surface area contributed by atoms with E-state index in [9.17, 15) is 28.8 Å². The molecule has 42 heavy (non-hydrogen) atoms. The average Bonchev–Trinajstić information content (AvgIpc) is 2.97. The van der Waals surface area contributed by atoms with Crippen molar-refractivity contribution in [2.24, 2.45) is 5.73 Å². The van der Waals surface area contributed by atoms with E-state index in [1.54, 1.807) is 31.3 Å². The van der Waals surface area contributed by atoms with Crippen molar-refractivity contribution in [2.45, 2.75) is 39.0 Å². The van der Waals surface area contributed by atoms with Crippen molar-refractivity contribution < 1.29 is 33.5 Å². The number of imide groups is 1. The van der Waals surface area contributed by atoms with Gasteiger partial charge in [-0.3, -0.25) is 19.2 Å². The van der Waals surface area contributed by atoms with Crippen molar-refractivity contribution >= 4 is 35.8 Å². The molecule has 13 heteroatoms. The molecule has 0 radical (unpaired) electrons. The van der Waals surface area contributed by atoms with E-state index in [0.717, 1.165) is 30.3 Å². The smallest absolute Gasteiger partial charge is 0.408 e. The molecule has 0 saturated heterocycles. The minimum Gasteiger partial charge on any atom is -0.445 e. The summed E-state index contributed by atoms with van der Waals surface area (Å²) < 4.78 is 5.08. The van der Waals surface area contributed by atoms with Crippen LogP contribution < -0.4 is 16.4 Å². The van der Waals surface area contributed by atoms with Gasteiger partial charge in [0.2, 0.25) is 11.8 Å². The summed E-state index contributed by atoms with van der Waals surface area (Å²) in [6.45, 7) is 3.09. The van der Waals surface area contributed by atoms with Gasteiger partial charge in [0.1, 0.15) is 18.7 Å². The van der Waals surface area contributed by atoms with E-state index in [1.807, 2.05) is 36.4 Å². The molecular formula is C29H36N6O7. The second-order valence-electron chi connectivity index (χ2n) is 9.34. The zero-order valence-electron chi connectivity index (χ0n) is 24.0. The maximum atomic E-state index is 12.9. The molecule has 0 fully saturated rings. The molecule has 2 aromatic rings. The number of hydrogen-bond donors (Lipinski definition) is 3. The lowest BCUT2D eigenvalue weighted by Gasteiger charge is -2.30. The van der Waals surface area contributed by atoms with E-state index in [0.29, 0.717) is 23.0 Å². The number of rotatable bonds is 11. The number of hydrazine groups is 1. The third kappa shape index (κ3) is 10.4. The quantitative estimate of drug-likeness (QED) is 0.266. The van der Waals surface area contributed by atoms with Crippen molar-refractivity contribution in [1.82, 2.24) is 25.6 Å². The van der Waals surface area contributed by atoms with Crippen LogP contribution in [0, 0.1) is 0 Å². The Balaban J connectivity index is 1.89. The maximum Gasteiger partial charge on any atom is 0.408 e. The topological polar surface area (TPSA) is 171 Å². The summed E-state index contributed by atoms with van der Waals surface area (Å²) in [6, 6.07) is 14.9. The molecule has 2 rings (SSSR count). The minimum atomic E-state index is -1.28. The Morgan fingerprint density at radius 2 is 1.36 bits per heavy atom. The summed E-state index contributed by atoms with van der Waals surface area (Å²) in [6.07, 6.45) is 1.56. The summed E-state index contributed by atoms with van der Waals surface area (Å²) in [5.74, 6) is -3.13. The normalized spacial score (nSPS) is 12.0. The van der Waals surface area contributed by atoms with Crippen molar-refractivity contribution in [1.29, 1.82) is 0 Å². The summed E-state index contributed by atoms with van der Waals surface area (Å²) in [5.41, 5.74) is 7.12. The molecule has 0 aliphatic carbocycles. The van der Waals surface area contributed by atoms with Crippen LogP contribution in [0.15, 0.2) is 72.8 Å². The Hall–Kier alpha value is -5.20. The lowest BCUT2D eigenvalue weighted by molar-refractivity contribution is -0.153.